The minimum atomic E-state index is -0.559. The van der Waals surface area contributed by atoms with Gasteiger partial charge in [0.2, 0.25) is 0 Å². The van der Waals surface area contributed by atoms with Crippen molar-refractivity contribution in [1.82, 2.24) is 4.90 Å². The summed E-state index contributed by atoms with van der Waals surface area (Å²) in [5.74, 6) is 2.97. The van der Waals surface area contributed by atoms with E-state index < -0.39 is 6.23 Å². The lowest BCUT2D eigenvalue weighted by Crippen LogP contribution is -2.38. The van der Waals surface area contributed by atoms with Crippen LogP contribution in [0.25, 0.3) is 0 Å². The molecule has 4 unspecified atom stereocenters. The van der Waals surface area contributed by atoms with Gasteiger partial charge in [-0.15, -0.1) is 0 Å². The van der Waals surface area contributed by atoms with Crippen LogP contribution in [0.15, 0.2) is 48.2 Å². The summed E-state index contributed by atoms with van der Waals surface area (Å²) in [7, 11) is 0. The maximum absolute atomic E-state index is 12.8. The molecule has 0 radical (unpaired) electrons. The fourth-order valence-electron chi connectivity index (χ4n) is 7.46. The van der Waals surface area contributed by atoms with Gasteiger partial charge in [0, 0.05) is 18.9 Å². The van der Waals surface area contributed by atoms with E-state index in [2.05, 4.69) is 29.7 Å². The van der Waals surface area contributed by atoms with Gasteiger partial charge in [-0.3, -0.25) is 4.79 Å². The number of rotatable bonds is 11. The van der Waals surface area contributed by atoms with E-state index in [0.29, 0.717) is 30.6 Å². The second-order valence-electron chi connectivity index (χ2n) is 11.7. The lowest BCUT2D eigenvalue weighted by molar-refractivity contribution is -0.115. The number of fused-ring (bicyclic) bond motifs is 1. The third kappa shape index (κ3) is 7.44. The van der Waals surface area contributed by atoms with Gasteiger partial charge in [-0.2, -0.15) is 0 Å². The van der Waals surface area contributed by atoms with E-state index >= 15 is 0 Å². The minimum Gasteiger partial charge on any atom is -0.374 e. The topological polar surface area (TPSA) is 40.5 Å². The van der Waals surface area contributed by atoms with Crippen LogP contribution in [0, 0.1) is 23.7 Å². The first-order valence-corrected chi connectivity index (χ1v) is 14.8. The highest BCUT2D eigenvalue weighted by atomic mass is 16.3. The van der Waals surface area contributed by atoms with Gasteiger partial charge >= 0.3 is 0 Å². The molecule has 4 rings (SSSR count). The number of allylic oxidation sites excluding steroid dienone is 5. The largest absolute Gasteiger partial charge is 0.374 e. The lowest BCUT2D eigenvalue weighted by atomic mass is 9.68. The van der Waals surface area contributed by atoms with Crippen LogP contribution >= 0.6 is 0 Å². The molecule has 3 saturated carbocycles. The highest BCUT2D eigenvalue weighted by molar-refractivity contribution is 5.90. The van der Waals surface area contributed by atoms with Crippen molar-refractivity contribution in [2.75, 3.05) is 6.54 Å². The number of hydrogen-bond donors (Lipinski definition) is 1. The summed E-state index contributed by atoms with van der Waals surface area (Å²) in [6.45, 7) is 4.88. The van der Waals surface area contributed by atoms with Gasteiger partial charge in [0.15, 0.2) is 5.78 Å². The summed E-state index contributed by atoms with van der Waals surface area (Å²) in [5, 5.41) is 11.0. The van der Waals surface area contributed by atoms with Gasteiger partial charge in [-0.05, 0) is 101 Å². The van der Waals surface area contributed by atoms with Crippen molar-refractivity contribution in [1.29, 1.82) is 0 Å². The van der Waals surface area contributed by atoms with Crippen molar-refractivity contribution in [2.45, 2.75) is 115 Å². The zero-order chi connectivity index (χ0) is 24.5. The summed E-state index contributed by atoms with van der Waals surface area (Å²) in [5.41, 5.74) is 2.98. The SMILES string of the molecule is C=CN(CC(C1=CC=CCC1)C1CCCCC1)C(O)CCCC(=O)C=C1CCCC2CCCCC12. The molecule has 0 aromatic carbocycles. The smallest absolute Gasteiger partial charge is 0.155 e. The normalized spacial score (nSPS) is 28.1. The van der Waals surface area contributed by atoms with Crippen molar-refractivity contribution in [3.63, 3.8) is 0 Å². The van der Waals surface area contributed by atoms with E-state index in [4.69, 9.17) is 0 Å². The average Bonchev–Trinajstić information content (AvgIpc) is 2.90. The fourth-order valence-corrected chi connectivity index (χ4v) is 7.46. The third-order valence-electron chi connectivity index (χ3n) is 9.42. The highest BCUT2D eigenvalue weighted by Crippen LogP contribution is 2.43. The van der Waals surface area contributed by atoms with E-state index in [-0.39, 0.29) is 5.78 Å². The monoisotopic (exact) mass is 479 g/mol. The molecule has 1 N–H and O–H groups in total. The summed E-state index contributed by atoms with van der Waals surface area (Å²) < 4.78 is 0. The van der Waals surface area contributed by atoms with Gasteiger partial charge in [-0.1, -0.05) is 68.1 Å². The molecular weight excluding hydrogens is 430 g/mol. The second kappa shape index (κ2) is 13.6. The minimum absolute atomic E-state index is 0.266. The van der Waals surface area contributed by atoms with Crippen LogP contribution < -0.4 is 0 Å². The number of carbonyl (C=O) groups is 1. The summed E-state index contributed by atoms with van der Waals surface area (Å²) in [4.78, 5) is 14.8. The number of hydrogen-bond acceptors (Lipinski definition) is 3. The highest BCUT2D eigenvalue weighted by Gasteiger charge is 2.31. The van der Waals surface area contributed by atoms with E-state index in [1.807, 2.05) is 12.3 Å². The zero-order valence-corrected chi connectivity index (χ0v) is 22.0. The molecular formula is C32H49NO2. The van der Waals surface area contributed by atoms with Crippen LogP contribution in [0.4, 0.5) is 0 Å². The lowest BCUT2D eigenvalue weighted by Gasteiger charge is -2.38. The molecule has 0 saturated heterocycles. The van der Waals surface area contributed by atoms with Crippen LogP contribution in [-0.2, 0) is 4.79 Å². The van der Waals surface area contributed by atoms with E-state index in [1.54, 1.807) is 5.57 Å². The molecule has 0 amide bonds. The Hall–Kier alpha value is -1.61. The van der Waals surface area contributed by atoms with Crippen molar-refractivity contribution in [3.05, 3.63) is 48.2 Å². The summed E-state index contributed by atoms with van der Waals surface area (Å²) in [6, 6.07) is 0. The molecule has 3 nitrogen and oxygen atoms in total. The molecule has 35 heavy (non-hydrogen) atoms. The van der Waals surface area contributed by atoms with E-state index in [9.17, 15) is 9.90 Å². The van der Waals surface area contributed by atoms with Gasteiger partial charge in [0.1, 0.15) is 6.23 Å². The molecule has 0 bridgehead atoms. The molecule has 4 aliphatic rings. The maximum atomic E-state index is 12.8. The average molecular weight is 480 g/mol. The van der Waals surface area contributed by atoms with E-state index in [0.717, 1.165) is 38.1 Å². The first kappa shape index (κ1) is 26.5. The van der Waals surface area contributed by atoms with E-state index in [1.165, 1.54) is 76.2 Å². The Kier molecular flexibility index (Phi) is 10.3. The second-order valence-corrected chi connectivity index (χ2v) is 11.7. The number of nitrogens with zero attached hydrogens (tertiary/aromatic N) is 1. The van der Waals surface area contributed by atoms with Crippen LogP contribution in [-0.4, -0.2) is 28.6 Å². The Labute approximate surface area is 214 Å². The van der Waals surface area contributed by atoms with Crippen molar-refractivity contribution in [3.8, 4) is 0 Å². The predicted molar refractivity (Wildman–Crippen MR) is 146 cm³/mol. The van der Waals surface area contributed by atoms with Crippen LogP contribution in [0.5, 0.6) is 0 Å². The number of ketones is 1. The van der Waals surface area contributed by atoms with Gasteiger partial charge < -0.3 is 10.0 Å². The Morgan fingerprint density at radius 3 is 2.60 bits per heavy atom. The fraction of sp³-hybridized carbons (Fsp3) is 0.719. The Balaban J connectivity index is 1.29. The molecule has 3 fully saturated rings. The molecule has 4 atom stereocenters. The third-order valence-corrected chi connectivity index (χ3v) is 9.42. The first-order valence-electron chi connectivity index (χ1n) is 14.8. The summed E-state index contributed by atoms with van der Waals surface area (Å²) >= 11 is 0. The molecule has 194 valence electrons. The number of aliphatic hydroxyl groups is 1. The van der Waals surface area contributed by atoms with Crippen molar-refractivity contribution >= 4 is 5.78 Å². The van der Waals surface area contributed by atoms with Crippen molar-refractivity contribution < 1.29 is 9.90 Å². The molecule has 0 spiro atoms. The number of carbonyl (C=O) groups excluding carboxylic acids is 1. The number of aliphatic hydroxyl groups excluding tert-OH is 1. The Bertz CT molecular complexity index is 785. The van der Waals surface area contributed by atoms with Crippen molar-refractivity contribution in [2.24, 2.45) is 23.7 Å². The Morgan fingerprint density at radius 1 is 1.06 bits per heavy atom. The quantitative estimate of drug-likeness (QED) is 0.242. The summed E-state index contributed by atoms with van der Waals surface area (Å²) in [6.07, 6.45) is 30.0. The first-order chi connectivity index (χ1) is 17.2. The van der Waals surface area contributed by atoms with Crippen LogP contribution in [0.1, 0.15) is 109 Å². The van der Waals surface area contributed by atoms with Gasteiger partial charge in [-0.25, -0.2) is 0 Å². The zero-order valence-electron chi connectivity index (χ0n) is 22.0. The van der Waals surface area contributed by atoms with Crippen LogP contribution in [0.3, 0.4) is 0 Å². The maximum Gasteiger partial charge on any atom is 0.155 e. The predicted octanol–water partition coefficient (Wildman–Crippen LogP) is 7.88. The molecule has 3 heteroatoms. The van der Waals surface area contributed by atoms with Crippen LogP contribution in [0.2, 0.25) is 0 Å². The molecule has 0 aliphatic heterocycles. The Morgan fingerprint density at radius 2 is 1.83 bits per heavy atom. The molecule has 4 aliphatic carbocycles. The molecule has 0 aromatic rings. The van der Waals surface area contributed by atoms with Gasteiger partial charge in [0.25, 0.3) is 0 Å². The molecule has 0 heterocycles. The van der Waals surface area contributed by atoms with Gasteiger partial charge in [0.05, 0.1) is 0 Å². The molecule has 0 aromatic heterocycles. The standard InChI is InChI=1S/C32H49NO2/c1-2-33(24-31(26-13-5-3-6-14-26)27-15-7-4-8-16-27)32(35)22-12-20-29(34)23-28-19-11-18-25-17-9-10-21-30(25)28/h2-3,5,13,23,25,27,30-32,35H,1,4,6-12,14-22,24H2.